The number of rotatable bonds is 2. The molecule has 3 rings (SSSR count). The monoisotopic (exact) mass is 273 g/mol. The van der Waals surface area contributed by atoms with Crippen molar-refractivity contribution in [2.75, 3.05) is 7.05 Å². The average Bonchev–Trinajstić information content (AvgIpc) is 2.83. The molecule has 19 heavy (non-hydrogen) atoms. The van der Waals surface area contributed by atoms with Crippen LogP contribution in [-0.2, 0) is 4.74 Å². The summed E-state index contributed by atoms with van der Waals surface area (Å²) in [5, 5.41) is 6.90. The predicted octanol–water partition coefficient (Wildman–Crippen LogP) is 3.06. The summed E-state index contributed by atoms with van der Waals surface area (Å²) in [4.78, 5) is 3.98. The van der Waals surface area contributed by atoms with Gasteiger partial charge in [-0.3, -0.25) is 9.99 Å². The van der Waals surface area contributed by atoms with Crippen LogP contribution in [0.2, 0.25) is 5.02 Å². The van der Waals surface area contributed by atoms with Crippen molar-refractivity contribution in [3.8, 4) is 0 Å². The Morgan fingerprint density at radius 2 is 1.79 bits per heavy atom. The molecule has 1 aliphatic heterocycles. The van der Waals surface area contributed by atoms with E-state index in [1.807, 2.05) is 43.4 Å². The molecule has 0 spiro atoms. The molecule has 0 saturated heterocycles. The maximum atomic E-state index is 5.89. The molecule has 4 nitrogen and oxygen atoms in total. The van der Waals surface area contributed by atoms with Crippen molar-refractivity contribution in [1.29, 1.82) is 0 Å². The van der Waals surface area contributed by atoms with Crippen molar-refractivity contribution in [2.45, 2.75) is 6.23 Å². The van der Waals surface area contributed by atoms with Crippen molar-refractivity contribution in [3.05, 3.63) is 64.9 Å². The Kier molecular flexibility index (Phi) is 3.09. The molecule has 2 heterocycles. The van der Waals surface area contributed by atoms with Gasteiger partial charge in [-0.15, -0.1) is 5.10 Å². The topological polar surface area (TPSA) is 37.7 Å². The molecular weight excluding hydrogens is 262 g/mol. The van der Waals surface area contributed by atoms with E-state index in [0.717, 1.165) is 11.1 Å². The molecule has 0 radical (unpaired) electrons. The Hall–Kier alpha value is -2.07. The van der Waals surface area contributed by atoms with Gasteiger partial charge in [-0.2, -0.15) is 0 Å². The summed E-state index contributed by atoms with van der Waals surface area (Å²) in [5.41, 5.74) is 1.93. The number of pyridine rings is 1. The normalized spacial score (nSPS) is 18.1. The van der Waals surface area contributed by atoms with Crippen molar-refractivity contribution in [2.24, 2.45) is 5.10 Å². The summed E-state index contributed by atoms with van der Waals surface area (Å²) in [6.07, 6.45) is 3.22. The first kappa shape index (κ1) is 12.0. The lowest BCUT2D eigenvalue weighted by Gasteiger charge is -2.18. The largest absolute Gasteiger partial charge is 0.446 e. The smallest absolute Gasteiger partial charge is 0.240 e. The van der Waals surface area contributed by atoms with Crippen LogP contribution in [0.15, 0.2) is 53.9 Å². The molecular formula is C14H12ClN3O. The number of hydrogen-bond donors (Lipinski definition) is 0. The lowest BCUT2D eigenvalue weighted by molar-refractivity contribution is 0.0779. The van der Waals surface area contributed by atoms with Gasteiger partial charge in [0.05, 0.1) is 0 Å². The number of halogens is 1. The molecule has 1 aromatic heterocycles. The highest BCUT2D eigenvalue weighted by Gasteiger charge is 2.27. The maximum Gasteiger partial charge on any atom is 0.240 e. The molecule has 2 aromatic rings. The van der Waals surface area contributed by atoms with Crippen LogP contribution in [0.4, 0.5) is 0 Å². The SMILES string of the molecule is CN1N=C(c2ccncc2)OC1c1ccc(Cl)cc1. The first-order valence-corrected chi connectivity index (χ1v) is 6.26. The zero-order valence-electron chi connectivity index (χ0n) is 10.3. The predicted molar refractivity (Wildman–Crippen MR) is 73.8 cm³/mol. The molecule has 1 unspecified atom stereocenters. The van der Waals surface area contributed by atoms with Crippen molar-refractivity contribution >= 4 is 17.5 Å². The van der Waals surface area contributed by atoms with E-state index in [9.17, 15) is 0 Å². The second kappa shape index (κ2) is 4.90. The number of nitrogens with zero attached hydrogens (tertiary/aromatic N) is 3. The third-order valence-electron chi connectivity index (χ3n) is 2.89. The minimum atomic E-state index is -0.222. The minimum Gasteiger partial charge on any atom is -0.446 e. The van der Waals surface area contributed by atoms with Gasteiger partial charge in [0.25, 0.3) is 0 Å². The molecule has 0 aliphatic carbocycles. The molecule has 0 bridgehead atoms. The summed E-state index contributed by atoms with van der Waals surface area (Å²) in [6, 6.07) is 11.3. The Balaban J connectivity index is 1.84. The van der Waals surface area contributed by atoms with E-state index < -0.39 is 0 Å². The highest BCUT2D eigenvalue weighted by Crippen LogP contribution is 2.29. The summed E-state index contributed by atoms with van der Waals surface area (Å²) in [5.74, 6) is 0.602. The van der Waals surface area contributed by atoms with Crippen LogP contribution in [0.5, 0.6) is 0 Å². The van der Waals surface area contributed by atoms with Crippen LogP contribution in [0.3, 0.4) is 0 Å². The van der Waals surface area contributed by atoms with E-state index in [0.29, 0.717) is 10.9 Å². The van der Waals surface area contributed by atoms with Crippen molar-refractivity contribution in [1.82, 2.24) is 9.99 Å². The standard InChI is InChI=1S/C14H12ClN3O/c1-18-14(11-2-4-12(15)5-3-11)19-13(17-18)10-6-8-16-9-7-10/h2-9,14H,1H3. The summed E-state index contributed by atoms with van der Waals surface area (Å²) in [6.45, 7) is 0. The zero-order chi connectivity index (χ0) is 13.2. The third kappa shape index (κ3) is 2.39. The number of aromatic nitrogens is 1. The molecule has 96 valence electrons. The van der Waals surface area contributed by atoms with Crippen LogP contribution in [0, 0.1) is 0 Å². The number of hydrazone groups is 1. The van der Waals surface area contributed by atoms with E-state index in [2.05, 4.69) is 10.1 Å². The van der Waals surface area contributed by atoms with Crippen LogP contribution in [0.25, 0.3) is 0 Å². The van der Waals surface area contributed by atoms with Gasteiger partial charge in [-0.05, 0) is 24.3 Å². The Morgan fingerprint density at radius 3 is 2.47 bits per heavy atom. The van der Waals surface area contributed by atoms with Gasteiger partial charge in [-0.25, -0.2) is 0 Å². The van der Waals surface area contributed by atoms with Gasteiger partial charge in [0, 0.05) is 35.6 Å². The highest BCUT2D eigenvalue weighted by atomic mass is 35.5. The van der Waals surface area contributed by atoms with Crippen LogP contribution < -0.4 is 0 Å². The first-order valence-electron chi connectivity index (χ1n) is 5.88. The van der Waals surface area contributed by atoms with Gasteiger partial charge in [-0.1, -0.05) is 23.7 Å². The Bertz CT molecular complexity index is 598. The van der Waals surface area contributed by atoms with Gasteiger partial charge >= 0.3 is 0 Å². The highest BCUT2D eigenvalue weighted by molar-refractivity contribution is 6.30. The van der Waals surface area contributed by atoms with E-state index in [4.69, 9.17) is 16.3 Å². The van der Waals surface area contributed by atoms with E-state index >= 15 is 0 Å². The summed E-state index contributed by atoms with van der Waals surface area (Å²) in [7, 11) is 1.88. The lowest BCUT2D eigenvalue weighted by atomic mass is 10.2. The van der Waals surface area contributed by atoms with E-state index in [1.165, 1.54) is 0 Å². The second-order valence-corrected chi connectivity index (χ2v) is 4.67. The fourth-order valence-corrected chi connectivity index (χ4v) is 2.06. The second-order valence-electron chi connectivity index (χ2n) is 4.24. The number of ether oxygens (including phenoxy) is 1. The minimum absolute atomic E-state index is 0.222. The van der Waals surface area contributed by atoms with E-state index in [-0.39, 0.29) is 6.23 Å². The molecule has 0 N–H and O–H groups in total. The molecule has 0 fully saturated rings. The molecule has 1 aromatic carbocycles. The summed E-state index contributed by atoms with van der Waals surface area (Å²) >= 11 is 5.89. The Labute approximate surface area is 116 Å². The first-order chi connectivity index (χ1) is 9.24. The van der Waals surface area contributed by atoms with Gasteiger partial charge < -0.3 is 4.74 Å². The zero-order valence-corrected chi connectivity index (χ0v) is 11.1. The number of benzene rings is 1. The van der Waals surface area contributed by atoms with Crippen LogP contribution in [0.1, 0.15) is 17.4 Å². The summed E-state index contributed by atoms with van der Waals surface area (Å²) < 4.78 is 5.89. The third-order valence-corrected chi connectivity index (χ3v) is 3.15. The van der Waals surface area contributed by atoms with Gasteiger partial charge in [0.2, 0.25) is 12.1 Å². The van der Waals surface area contributed by atoms with Crippen molar-refractivity contribution < 1.29 is 4.74 Å². The molecule has 1 atom stereocenters. The van der Waals surface area contributed by atoms with Crippen LogP contribution >= 0.6 is 11.6 Å². The molecule has 5 heteroatoms. The van der Waals surface area contributed by atoms with Crippen LogP contribution in [-0.4, -0.2) is 22.9 Å². The number of hydrogen-bond acceptors (Lipinski definition) is 4. The Morgan fingerprint density at radius 1 is 1.11 bits per heavy atom. The molecule has 0 amide bonds. The fourth-order valence-electron chi connectivity index (χ4n) is 1.93. The maximum absolute atomic E-state index is 5.89. The van der Waals surface area contributed by atoms with Gasteiger partial charge in [0.15, 0.2) is 0 Å². The molecule has 0 saturated carbocycles. The van der Waals surface area contributed by atoms with Crippen molar-refractivity contribution in [3.63, 3.8) is 0 Å². The lowest BCUT2D eigenvalue weighted by Crippen LogP contribution is -2.15. The molecule has 1 aliphatic rings. The fraction of sp³-hybridized carbons (Fsp3) is 0.143. The quantitative estimate of drug-likeness (QED) is 0.844. The van der Waals surface area contributed by atoms with E-state index in [1.54, 1.807) is 17.4 Å². The van der Waals surface area contributed by atoms with Gasteiger partial charge in [0.1, 0.15) is 0 Å². The average molecular weight is 274 g/mol.